The second kappa shape index (κ2) is 7.09. The molecule has 1 atom stereocenters. The van der Waals surface area contributed by atoms with Crippen LogP contribution in [0.1, 0.15) is 67.7 Å². The standard InChI is InChI=1S/C11H22.C2H6.C2H4/c1-9(2)11(5)8-6-7-10(11,3)4;2*1-2/h9H,6-8H2,1-5H3;1-2H3;1-2H2/t11-;;/m1../s1. The smallest absolute Gasteiger partial charge is 0.0252 e. The van der Waals surface area contributed by atoms with E-state index in [1.165, 1.54) is 19.3 Å². The number of hydrogen-bond donors (Lipinski definition) is 0. The van der Waals surface area contributed by atoms with Crippen LogP contribution in [0.15, 0.2) is 13.2 Å². The van der Waals surface area contributed by atoms with Crippen LogP contribution in [-0.2, 0) is 0 Å². The summed E-state index contributed by atoms with van der Waals surface area (Å²) in [4.78, 5) is 0. The average molecular weight is 212 g/mol. The Labute approximate surface area is 98.2 Å². The fourth-order valence-electron chi connectivity index (χ4n) is 2.59. The van der Waals surface area contributed by atoms with Crippen LogP contribution in [0.5, 0.6) is 0 Å². The molecule has 15 heavy (non-hydrogen) atoms. The normalized spacial score (nSPS) is 27.5. The van der Waals surface area contributed by atoms with Crippen LogP contribution in [-0.4, -0.2) is 0 Å². The molecule has 1 saturated carbocycles. The Balaban J connectivity index is 0. The molecule has 1 fully saturated rings. The predicted octanol–water partition coefficient (Wildman–Crippen LogP) is 5.69. The summed E-state index contributed by atoms with van der Waals surface area (Å²) in [5.74, 6) is 0.833. The maximum absolute atomic E-state index is 3.00. The van der Waals surface area contributed by atoms with E-state index in [0.717, 1.165) is 5.92 Å². The van der Waals surface area contributed by atoms with Crippen LogP contribution in [0, 0.1) is 16.7 Å². The molecule has 1 aliphatic carbocycles. The van der Waals surface area contributed by atoms with Crippen molar-refractivity contribution in [2.24, 2.45) is 16.7 Å². The SMILES string of the molecule is C=C.CC.CC(C)[C@@]1(C)CCCC1(C)C. The van der Waals surface area contributed by atoms with Crippen molar-refractivity contribution in [2.75, 3.05) is 0 Å². The third kappa shape index (κ3) is 3.66. The van der Waals surface area contributed by atoms with Gasteiger partial charge in [0.25, 0.3) is 0 Å². The summed E-state index contributed by atoms with van der Waals surface area (Å²) >= 11 is 0. The second-order valence-electron chi connectivity index (χ2n) is 5.31. The highest BCUT2D eigenvalue weighted by Crippen LogP contribution is 2.56. The predicted molar refractivity (Wildman–Crippen MR) is 73.2 cm³/mol. The molecule has 1 rings (SSSR count). The van der Waals surface area contributed by atoms with E-state index >= 15 is 0 Å². The van der Waals surface area contributed by atoms with Crippen molar-refractivity contribution in [1.29, 1.82) is 0 Å². The molecule has 0 aliphatic heterocycles. The summed E-state index contributed by atoms with van der Waals surface area (Å²) in [6.07, 6.45) is 4.28. The molecular formula is C15H32. The molecule has 0 aromatic carbocycles. The fourth-order valence-corrected chi connectivity index (χ4v) is 2.59. The highest BCUT2D eigenvalue weighted by atomic mass is 14.5. The maximum atomic E-state index is 3.00. The first-order valence-corrected chi connectivity index (χ1v) is 6.40. The largest absolute Gasteiger partial charge is 0.106 e. The van der Waals surface area contributed by atoms with E-state index in [9.17, 15) is 0 Å². The zero-order chi connectivity index (χ0) is 12.7. The van der Waals surface area contributed by atoms with Crippen LogP contribution in [0.25, 0.3) is 0 Å². The molecule has 0 bridgehead atoms. The minimum Gasteiger partial charge on any atom is -0.106 e. The molecule has 0 spiro atoms. The van der Waals surface area contributed by atoms with Crippen molar-refractivity contribution < 1.29 is 0 Å². The second-order valence-corrected chi connectivity index (χ2v) is 5.31. The van der Waals surface area contributed by atoms with E-state index in [2.05, 4.69) is 47.8 Å². The van der Waals surface area contributed by atoms with Gasteiger partial charge in [-0.15, -0.1) is 13.2 Å². The highest BCUT2D eigenvalue weighted by Gasteiger charge is 2.46. The van der Waals surface area contributed by atoms with Gasteiger partial charge in [-0.1, -0.05) is 54.9 Å². The van der Waals surface area contributed by atoms with Gasteiger partial charge in [0.15, 0.2) is 0 Å². The van der Waals surface area contributed by atoms with Gasteiger partial charge in [-0.05, 0) is 29.6 Å². The molecular weight excluding hydrogens is 180 g/mol. The van der Waals surface area contributed by atoms with E-state index in [-0.39, 0.29) is 0 Å². The molecule has 0 heteroatoms. The molecule has 0 aromatic heterocycles. The van der Waals surface area contributed by atoms with Gasteiger partial charge in [0, 0.05) is 0 Å². The van der Waals surface area contributed by atoms with Crippen molar-refractivity contribution in [3.8, 4) is 0 Å². The van der Waals surface area contributed by atoms with Crippen molar-refractivity contribution in [3.63, 3.8) is 0 Å². The summed E-state index contributed by atoms with van der Waals surface area (Å²) in [5, 5.41) is 0. The van der Waals surface area contributed by atoms with Crippen molar-refractivity contribution in [2.45, 2.75) is 67.7 Å². The summed E-state index contributed by atoms with van der Waals surface area (Å²) < 4.78 is 0. The molecule has 0 radical (unpaired) electrons. The Hall–Kier alpha value is -0.260. The Morgan fingerprint density at radius 3 is 1.47 bits per heavy atom. The molecule has 0 N–H and O–H groups in total. The molecule has 1 aliphatic rings. The number of hydrogen-bond acceptors (Lipinski definition) is 0. The summed E-state index contributed by atoms with van der Waals surface area (Å²) in [5.41, 5.74) is 1.16. The third-order valence-electron chi connectivity index (χ3n) is 4.32. The molecule has 0 nitrogen and oxygen atoms in total. The van der Waals surface area contributed by atoms with Gasteiger partial charge in [0.1, 0.15) is 0 Å². The first-order chi connectivity index (χ1) is 6.90. The highest BCUT2D eigenvalue weighted by molar-refractivity contribution is 4.96. The molecule has 0 saturated heterocycles. The number of rotatable bonds is 1. The van der Waals surface area contributed by atoms with Crippen molar-refractivity contribution in [1.82, 2.24) is 0 Å². The van der Waals surface area contributed by atoms with Crippen LogP contribution in [0.4, 0.5) is 0 Å². The lowest BCUT2D eigenvalue weighted by Crippen LogP contribution is -2.34. The van der Waals surface area contributed by atoms with Crippen LogP contribution in [0.2, 0.25) is 0 Å². The lowest BCUT2D eigenvalue weighted by atomic mass is 9.63. The maximum Gasteiger partial charge on any atom is -0.0252 e. The van der Waals surface area contributed by atoms with E-state index in [0.29, 0.717) is 10.8 Å². The van der Waals surface area contributed by atoms with Gasteiger partial charge in [0.05, 0.1) is 0 Å². The Morgan fingerprint density at radius 1 is 0.933 bits per heavy atom. The molecule has 92 valence electrons. The molecule has 0 unspecified atom stereocenters. The van der Waals surface area contributed by atoms with Crippen molar-refractivity contribution in [3.05, 3.63) is 13.2 Å². The quantitative estimate of drug-likeness (QED) is 0.490. The third-order valence-corrected chi connectivity index (χ3v) is 4.32. The average Bonchev–Trinajstić information content (AvgIpc) is 2.49. The van der Waals surface area contributed by atoms with Crippen LogP contribution >= 0.6 is 0 Å². The van der Waals surface area contributed by atoms with Gasteiger partial charge in [0.2, 0.25) is 0 Å². The molecule has 0 heterocycles. The summed E-state index contributed by atoms with van der Waals surface area (Å²) in [6.45, 7) is 22.1. The van der Waals surface area contributed by atoms with Crippen molar-refractivity contribution >= 4 is 0 Å². The topological polar surface area (TPSA) is 0 Å². The zero-order valence-corrected chi connectivity index (χ0v) is 12.1. The summed E-state index contributed by atoms with van der Waals surface area (Å²) in [6, 6.07) is 0. The molecule has 0 amide bonds. The van der Waals surface area contributed by atoms with E-state index < -0.39 is 0 Å². The van der Waals surface area contributed by atoms with Gasteiger partial charge in [-0.25, -0.2) is 0 Å². The summed E-state index contributed by atoms with van der Waals surface area (Å²) in [7, 11) is 0. The first-order valence-electron chi connectivity index (χ1n) is 6.40. The van der Waals surface area contributed by atoms with Crippen LogP contribution < -0.4 is 0 Å². The van der Waals surface area contributed by atoms with Gasteiger partial charge in [-0.2, -0.15) is 0 Å². The Bertz CT molecular complexity index is 155. The van der Waals surface area contributed by atoms with Crippen LogP contribution in [0.3, 0.4) is 0 Å². The van der Waals surface area contributed by atoms with Gasteiger partial charge >= 0.3 is 0 Å². The Kier molecular flexibility index (Phi) is 8.10. The monoisotopic (exact) mass is 212 g/mol. The zero-order valence-electron chi connectivity index (χ0n) is 12.1. The van der Waals surface area contributed by atoms with Gasteiger partial charge in [-0.3, -0.25) is 0 Å². The minimum absolute atomic E-state index is 0.571. The van der Waals surface area contributed by atoms with E-state index in [4.69, 9.17) is 0 Å². The van der Waals surface area contributed by atoms with Gasteiger partial charge < -0.3 is 0 Å². The lowest BCUT2D eigenvalue weighted by molar-refractivity contribution is 0.0732. The van der Waals surface area contributed by atoms with E-state index in [1.807, 2.05) is 13.8 Å². The lowest BCUT2D eigenvalue weighted by Gasteiger charge is -2.42. The molecule has 0 aromatic rings. The minimum atomic E-state index is 0.571. The Morgan fingerprint density at radius 2 is 1.33 bits per heavy atom. The fraction of sp³-hybridized carbons (Fsp3) is 0.867. The van der Waals surface area contributed by atoms with E-state index in [1.54, 1.807) is 0 Å². The first kappa shape index (κ1) is 17.1.